The molecule has 12 nitrogen and oxygen atoms in total. The lowest BCUT2D eigenvalue weighted by atomic mass is 10.1. The topological polar surface area (TPSA) is 160 Å². The van der Waals surface area contributed by atoms with Crippen LogP contribution in [0.2, 0.25) is 0 Å². The van der Waals surface area contributed by atoms with Gasteiger partial charge in [-0.2, -0.15) is 0 Å². The number of amides is 1. The van der Waals surface area contributed by atoms with E-state index in [0.29, 0.717) is 6.42 Å². The van der Waals surface area contributed by atoms with Crippen molar-refractivity contribution in [2.24, 2.45) is 0 Å². The number of hydrogen-bond donors (Lipinski definition) is 1. The Bertz CT molecular complexity index is 920. The Morgan fingerprint density at radius 1 is 1.00 bits per heavy atom. The second kappa shape index (κ2) is 12.5. The number of ether oxygens (including phenoxy) is 2. The number of non-ortho nitro benzene ring substituents is 1. The van der Waals surface area contributed by atoms with Gasteiger partial charge in [0.15, 0.2) is 0 Å². The van der Waals surface area contributed by atoms with Crippen LogP contribution in [-0.4, -0.2) is 41.3 Å². The number of nitrogens with one attached hydrogen (secondary N) is 1. The summed E-state index contributed by atoms with van der Waals surface area (Å²) in [5.74, 6) is -0.491. The Morgan fingerprint density at radius 3 is 2.31 bits per heavy atom. The average molecular weight is 447 g/mol. The number of hydrogen-bond acceptors (Lipinski definition) is 9. The first-order valence-corrected chi connectivity index (χ1v) is 9.53. The lowest BCUT2D eigenvalue weighted by Gasteiger charge is -2.19. The number of carbonyl (C=O) groups excluding carboxylic acids is 2. The highest BCUT2D eigenvalue weighted by molar-refractivity contribution is 5.71. The molecule has 170 valence electrons. The number of benzene rings is 2. The summed E-state index contributed by atoms with van der Waals surface area (Å²) in [5.41, 5.74) is 0.735. The van der Waals surface area contributed by atoms with Crippen molar-refractivity contribution in [3.05, 3.63) is 80.4 Å². The van der Waals surface area contributed by atoms with Gasteiger partial charge in [0.25, 0.3) is 10.8 Å². The van der Waals surface area contributed by atoms with Crippen LogP contribution in [0.25, 0.3) is 0 Å². The van der Waals surface area contributed by atoms with Gasteiger partial charge in [-0.1, -0.05) is 30.3 Å². The molecule has 0 aliphatic carbocycles. The van der Waals surface area contributed by atoms with Crippen LogP contribution in [-0.2, 0) is 20.8 Å². The Kier molecular flexibility index (Phi) is 9.37. The van der Waals surface area contributed by atoms with Crippen molar-refractivity contribution in [1.29, 1.82) is 0 Å². The molecule has 0 radical (unpaired) electrons. The molecule has 1 N–H and O–H groups in total. The molecule has 1 atom stereocenters. The van der Waals surface area contributed by atoms with Crippen LogP contribution in [0.15, 0.2) is 54.6 Å². The predicted molar refractivity (Wildman–Crippen MR) is 109 cm³/mol. The molecule has 2 aromatic carbocycles. The van der Waals surface area contributed by atoms with E-state index < -0.39 is 28.1 Å². The van der Waals surface area contributed by atoms with Gasteiger partial charge < -0.3 is 19.6 Å². The number of esters is 1. The third-order valence-corrected chi connectivity index (χ3v) is 4.07. The summed E-state index contributed by atoms with van der Waals surface area (Å²) in [5, 5.41) is 22.5. The molecule has 2 rings (SSSR count). The number of nitrogens with zero attached hydrogens (tertiary/aromatic N) is 2. The summed E-state index contributed by atoms with van der Waals surface area (Å²) >= 11 is 0. The summed E-state index contributed by atoms with van der Waals surface area (Å²) in [4.78, 5) is 48.5. The fourth-order valence-corrected chi connectivity index (χ4v) is 2.61. The minimum atomic E-state index is -0.943. The van der Waals surface area contributed by atoms with E-state index in [9.17, 15) is 29.8 Å². The van der Waals surface area contributed by atoms with E-state index in [1.165, 1.54) is 24.3 Å². The third kappa shape index (κ3) is 9.07. The monoisotopic (exact) mass is 447 g/mol. The highest BCUT2D eigenvalue weighted by Crippen LogP contribution is 2.17. The normalized spacial score (nSPS) is 11.1. The van der Waals surface area contributed by atoms with Crippen molar-refractivity contribution < 1.29 is 33.9 Å². The summed E-state index contributed by atoms with van der Waals surface area (Å²) in [7, 11) is 0. The molecular formula is C20H21N3O9. The van der Waals surface area contributed by atoms with Gasteiger partial charge in [-0.15, -0.1) is 10.1 Å². The standard InChI is InChI=1S/C20H21N3O9/c24-19(7-4-12-31-23(28)29)30-14-16(13-15-5-2-1-3-6-15)21-20(25)32-18-10-8-17(9-11-18)22(26)27/h1-3,5-6,8-11,16H,4,7,12-14H2,(H,21,25)/t16-/m1/s1. The zero-order chi connectivity index (χ0) is 23.3. The largest absolute Gasteiger partial charge is 0.463 e. The average Bonchev–Trinajstić information content (AvgIpc) is 2.76. The lowest BCUT2D eigenvalue weighted by Crippen LogP contribution is -2.41. The van der Waals surface area contributed by atoms with Crippen molar-refractivity contribution in [3.63, 3.8) is 0 Å². The van der Waals surface area contributed by atoms with Crippen molar-refractivity contribution >= 4 is 17.7 Å². The molecule has 0 aromatic heterocycles. The molecule has 2 aromatic rings. The smallest absolute Gasteiger partial charge is 0.412 e. The lowest BCUT2D eigenvalue weighted by molar-refractivity contribution is -0.757. The highest BCUT2D eigenvalue weighted by Gasteiger charge is 2.17. The fourth-order valence-electron chi connectivity index (χ4n) is 2.61. The third-order valence-electron chi connectivity index (χ3n) is 4.07. The maximum atomic E-state index is 12.3. The van der Waals surface area contributed by atoms with Crippen LogP contribution in [0.3, 0.4) is 0 Å². The Labute approximate surface area is 182 Å². The first kappa shape index (κ1) is 24.1. The minimum Gasteiger partial charge on any atom is -0.463 e. The molecule has 0 bridgehead atoms. The number of rotatable bonds is 12. The number of nitro groups is 1. The van der Waals surface area contributed by atoms with Gasteiger partial charge in [0.2, 0.25) is 0 Å². The zero-order valence-corrected chi connectivity index (χ0v) is 16.9. The number of nitro benzene ring substituents is 1. The van der Waals surface area contributed by atoms with Gasteiger partial charge >= 0.3 is 12.1 Å². The molecule has 12 heteroatoms. The van der Waals surface area contributed by atoms with E-state index in [0.717, 1.165) is 5.56 Å². The summed E-state index contributed by atoms with van der Waals surface area (Å²) in [6.45, 7) is -0.380. The molecule has 0 saturated heterocycles. The molecule has 1 amide bonds. The SMILES string of the molecule is O=C(CCCO[N+](=O)[O-])OC[C@@H](Cc1ccccc1)NC(=O)Oc1ccc([N+](=O)[O-])cc1. The molecule has 0 unspecified atom stereocenters. The van der Waals surface area contributed by atoms with Crippen molar-refractivity contribution in [2.75, 3.05) is 13.2 Å². The minimum absolute atomic E-state index is 0.0842. The summed E-state index contributed by atoms with van der Waals surface area (Å²) in [6, 6.07) is 13.5. The van der Waals surface area contributed by atoms with Crippen molar-refractivity contribution in [2.45, 2.75) is 25.3 Å². The van der Waals surface area contributed by atoms with Crippen LogP contribution in [0.4, 0.5) is 10.5 Å². The number of carbonyl (C=O) groups is 2. The van der Waals surface area contributed by atoms with Crippen LogP contribution < -0.4 is 10.1 Å². The van der Waals surface area contributed by atoms with Gasteiger partial charge in [-0.25, -0.2) is 4.79 Å². The molecule has 0 aliphatic heterocycles. The van der Waals surface area contributed by atoms with Gasteiger partial charge in [0.05, 0.1) is 17.6 Å². The molecular weight excluding hydrogens is 426 g/mol. The van der Waals surface area contributed by atoms with Gasteiger partial charge in [0, 0.05) is 18.6 Å². The Morgan fingerprint density at radius 2 is 1.69 bits per heavy atom. The molecule has 0 aliphatic rings. The van der Waals surface area contributed by atoms with Crippen LogP contribution in [0.1, 0.15) is 18.4 Å². The maximum Gasteiger partial charge on any atom is 0.412 e. The van der Waals surface area contributed by atoms with Crippen LogP contribution in [0, 0.1) is 20.2 Å². The zero-order valence-electron chi connectivity index (χ0n) is 16.9. The summed E-state index contributed by atoms with van der Waals surface area (Å²) in [6.07, 6.45) is -0.457. The van der Waals surface area contributed by atoms with E-state index in [-0.39, 0.29) is 37.5 Å². The molecule has 0 fully saturated rings. The first-order valence-electron chi connectivity index (χ1n) is 9.53. The van der Waals surface area contributed by atoms with Gasteiger partial charge in [-0.05, 0) is 30.5 Å². The van der Waals surface area contributed by atoms with E-state index in [1.54, 1.807) is 0 Å². The first-order chi connectivity index (χ1) is 15.3. The quantitative estimate of drug-likeness (QED) is 0.223. The molecule has 0 heterocycles. The van der Waals surface area contributed by atoms with E-state index in [4.69, 9.17) is 9.47 Å². The van der Waals surface area contributed by atoms with Crippen molar-refractivity contribution in [1.82, 2.24) is 5.32 Å². The van der Waals surface area contributed by atoms with Crippen LogP contribution >= 0.6 is 0 Å². The molecule has 0 saturated carbocycles. The van der Waals surface area contributed by atoms with E-state index >= 15 is 0 Å². The maximum absolute atomic E-state index is 12.3. The second-order valence-corrected chi connectivity index (χ2v) is 6.51. The van der Waals surface area contributed by atoms with E-state index in [2.05, 4.69) is 10.2 Å². The van der Waals surface area contributed by atoms with Gasteiger partial charge in [-0.3, -0.25) is 14.9 Å². The summed E-state index contributed by atoms with van der Waals surface area (Å²) < 4.78 is 10.3. The van der Waals surface area contributed by atoms with Crippen molar-refractivity contribution in [3.8, 4) is 5.75 Å². The highest BCUT2D eigenvalue weighted by atomic mass is 16.9. The Balaban J connectivity index is 1.90. The van der Waals surface area contributed by atoms with Gasteiger partial charge in [0.1, 0.15) is 12.4 Å². The Hall–Kier alpha value is -4.22. The molecule has 32 heavy (non-hydrogen) atoms. The van der Waals surface area contributed by atoms with E-state index in [1.807, 2.05) is 30.3 Å². The van der Waals surface area contributed by atoms with Crippen LogP contribution in [0.5, 0.6) is 5.75 Å². The second-order valence-electron chi connectivity index (χ2n) is 6.51. The molecule has 0 spiro atoms. The fraction of sp³-hybridized carbons (Fsp3) is 0.300. The predicted octanol–water partition coefficient (Wildman–Crippen LogP) is 2.83.